The first kappa shape index (κ1) is 29.3. The maximum Gasteiger partial charge on any atom is 0.329 e. The second-order valence-corrected chi connectivity index (χ2v) is 9.72. The third kappa shape index (κ3) is 7.48. The molecule has 1 heterocycles. The molecule has 41 heavy (non-hydrogen) atoms. The summed E-state index contributed by atoms with van der Waals surface area (Å²) in [5.74, 6) is -1.90. The van der Waals surface area contributed by atoms with Crippen molar-refractivity contribution in [3.63, 3.8) is 0 Å². The number of anilines is 2. The minimum Gasteiger partial charge on any atom is -0.490 e. The first-order valence-corrected chi connectivity index (χ1v) is 13.3. The average Bonchev–Trinajstić information content (AvgIpc) is 3.19. The lowest BCUT2D eigenvalue weighted by molar-refractivity contribution is -0.127. The molecule has 0 aromatic heterocycles. The Balaban J connectivity index is 1.45. The number of carbonyl (C=O) groups is 4. The van der Waals surface area contributed by atoms with Crippen molar-refractivity contribution < 1.29 is 33.0 Å². The van der Waals surface area contributed by atoms with Gasteiger partial charge in [0.1, 0.15) is 18.1 Å². The Morgan fingerprint density at radius 2 is 1.71 bits per heavy atom. The molecule has 1 aliphatic heterocycles. The van der Waals surface area contributed by atoms with Crippen molar-refractivity contribution in [1.82, 2.24) is 10.2 Å². The summed E-state index contributed by atoms with van der Waals surface area (Å²) >= 11 is 3.42. The summed E-state index contributed by atoms with van der Waals surface area (Å²) in [6.45, 7) is 3.13. The van der Waals surface area contributed by atoms with Crippen LogP contribution in [0.1, 0.15) is 18.1 Å². The van der Waals surface area contributed by atoms with Crippen molar-refractivity contribution in [3.8, 4) is 11.5 Å². The SMILES string of the molecule is CCOc1cc(/C=C2/NC(=O)N(CC(=O)Nc3ccccc3F)C2=O)c(Br)cc1OCC(=O)Nc1ccc(C)cc1. The third-order valence-corrected chi connectivity index (χ3v) is 6.46. The number of carbonyl (C=O) groups excluding carboxylic acids is 4. The first-order valence-electron chi connectivity index (χ1n) is 12.5. The molecule has 4 rings (SSSR count). The molecule has 0 radical (unpaired) electrons. The van der Waals surface area contributed by atoms with Gasteiger partial charge in [0, 0.05) is 10.2 Å². The first-order chi connectivity index (χ1) is 19.6. The van der Waals surface area contributed by atoms with Gasteiger partial charge in [-0.2, -0.15) is 0 Å². The summed E-state index contributed by atoms with van der Waals surface area (Å²) in [7, 11) is 0. The Labute approximate surface area is 243 Å². The predicted molar refractivity (Wildman–Crippen MR) is 154 cm³/mol. The zero-order valence-electron chi connectivity index (χ0n) is 22.1. The van der Waals surface area contributed by atoms with E-state index < -0.39 is 30.2 Å². The topological polar surface area (TPSA) is 126 Å². The van der Waals surface area contributed by atoms with E-state index in [-0.39, 0.29) is 29.6 Å². The van der Waals surface area contributed by atoms with Gasteiger partial charge in [0.25, 0.3) is 11.8 Å². The molecule has 12 heteroatoms. The number of para-hydroxylation sites is 1. The summed E-state index contributed by atoms with van der Waals surface area (Å²) in [5.41, 5.74) is 2.02. The molecular formula is C29H26BrFN4O6. The highest BCUT2D eigenvalue weighted by molar-refractivity contribution is 9.10. The van der Waals surface area contributed by atoms with E-state index in [0.717, 1.165) is 5.56 Å². The van der Waals surface area contributed by atoms with Crippen molar-refractivity contribution >= 4 is 57.1 Å². The lowest BCUT2D eigenvalue weighted by Gasteiger charge is -2.14. The monoisotopic (exact) mass is 624 g/mol. The number of nitrogens with one attached hydrogen (secondary N) is 3. The minimum atomic E-state index is -0.800. The molecule has 1 aliphatic rings. The highest BCUT2D eigenvalue weighted by Crippen LogP contribution is 2.35. The Bertz CT molecular complexity index is 1530. The lowest BCUT2D eigenvalue weighted by Crippen LogP contribution is -2.38. The van der Waals surface area contributed by atoms with Crippen LogP contribution in [0.25, 0.3) is 6.08 Å². The van der Waals surface area contributed by atoms with Crippen molar-refractivity contribution in [1.29, 1.82) is 0 Å². The number of benzene rings is 3. The molecule has 0 bridgehead atoms. The largest absolute Gasteiger partial charge is 0.490 e. The van der Waals surface area contributed by atoms with Crippen LogP contribution in [-0.2, 0) is 14.4 Å². The smallest absolute Gasteiger partial charge is 0.329 e. The second-order valence-electron chi connectivity index (χ2n) is 8.86. The van der Waals surface area contributed by atoms with Crippen LogP contribution in [0.2, 0.25) is 0 Å². The molecule has 3 aromatic rings. The Morgan fingerprint density at radius 1 is 1.00 bits per heavy atom. The van der Waals surface area contributed by atoms with Gasteiger partial charge in [0.15, 0.2) is 18.1 Å². The van der Waals surface area contributed by atoms with Crippen molar-refractivity contribution in [2.24, 2.45) is 0 Å². The fourth-order valence-electron chi connectivity index (χ4n) is 3.79. The van der Waals surface area contributed by atoms with E-state index in [1.54, 1.807) is 31.2 Å². The number of imide groups is 1. The van der Waals surface area contributed by atoms with Gasteiger partial charge in [0.05, 0.1) is 12.3 Å². The van der Waals surface area contributed by atoms with Crippen LogP contribution in [0.3, 0.4) is 0 Å². The molecule has 0 spiro atoms. The molecular weight excluding hydrogens is 599 g/mol. The lowest BCUT2D eigenvalue weighted by atomic mass is 10.1. The average molecular weight is 625 g/mol. The molecule has 3 aromatic carbocycles. The summed E-state index contributed by atoms with van der Waals surface area (Å²) in [6.07, 6.45) is 1.41. The third-order valence-electron chi connectivity index (χ3n) is 5.77. The fourth-order valence-corrected chi connectivity index (χ4v) is 4.22. The van der Waals surface area contributed by atoms with Crippen LogP contribution in [-0.4, -0.2) is 48.4 Å². The zero-order valence-corrected chi connectivity index (χ0v) is 23.7. The van der Waals surface area contributed by atoms with Crippen LogP contribution in [0.4, 0.5) is 20.6 Å². The molecule has 0 atom stereocenters. The predicted octanol–water partition coefficient (Wildman–Crippen LogP) is 4.84. The van der Waals surface area contributed by atoms with Crippen LogP contribution in [0.15, 0.2) is 70.8 Å². The maximum atomic E-state index is 13.8. The molecule has 0 aliphatic carbocycles. The Hall–Kier alpha value is -4.71. The number of halogens is 2. The second kappa shape index (κ2) is 13.1. The van der Waals surface area contributed by atoms with E-state index in [1.807, 2.05) is 19.1 Å². The number of hydrogen-bond donors (Lipinski definition) is 3. The highest BCUT2D eigenvalue weighted by Gasteiger charge is 2.35. The maximum absolute atomic E-state index is 13.8. The number of urea groups is 1. The van der Waals surface area contributed by atoms with Gasteiger partial charge in [-0.3, -0.25) is 14.4 Å². The van der Waals surface area contributed by atoms with E-state index >= 15 is 0 Å². The fraction of sp³-hybridized carbons (Fsp3) is 0.172. The van der Waals surface area contributed by atoms with Crippen LogP contribution >= 0.6 is 15.9 Å². The number of hydrogen-bond acceptors (Lipinski definition) is 6. The van der Waals surface area contributed by atoms with Gasteiger partial charge in [-0.25, -0.2) is 14.1 Å². The van der Waals surface area contributed by atoms with E-state index in [2.05, 4.69) is 31.9 Å². The number of amides is 5. The minimum absolute atomic E-state index is 0.0670. The normalized spacial score (nSPS) is 13.7. The van der Waals surface area contributed by atoms with Crippen LogP contribution in [0, 0.1) is 12.7 Å². The summed E-state index contributed by atoms with van der Waals surface area (Å²) in [6, 6.07) is 15.3. The molecule has 1 fully saturated rings. The van der Waals surface area contributed by atoms with E-state index in [1.165, 1.54) is 30.3 Å². The molecule has 0 unspecified atom stereocenters. The number of nitrogens with zero attached hydrogens (tertiary/aromatic N) is 1. The highest BCUT2D eigenvalue weighted by atomic mass is 79.9. The van der Waals surface area contributed by atoms with E-state index in [9.17, 15) is 23.6 Å². The molecule has 3 N–H and O–H groups in total. The van der Waals surface area contributed by atoms with Gasteiger partial charge < -0.3 is 25.4 Å². The quantitative estimate of drug-likeness (QED) is 0.219. The standard InChI is InChI=1S/C29H26BrFN4O6/c1-3-40-24-13-18(20(30)14-25(24)41-16-27(37)32-19-10-8-17(2)9-11-19)12-23-28(38)35(29(39)34-23)15-26(36)33-22-7-5-4-6-21(22)31/h4-14H,3,15-16H2,1-2H3,(H,32,37)(H,33,36)(H,34,39)/b23-12+. The molecule has 1 saturated heterocycles. The Kier molecular flexibility index (Phi) is 9.35. The van der Waals surface area contributed by atoms with Gasteiger partial charge in [-0.05, 0) is 61.9 Å². The number of rotatable bonds is 10. The van der Waals surface area contributed by atoms with Gasteiger partial charge in [0.2, 0.25) is 5.91 Å². The van der Waals surface area contributed by atoms with E-state index in [0.29, 0.717) is 33.0 Å². The van der Waals surface area contributed by atoms with Gasteiger partial charge in [-0.1, -0.05) is 45.8 Å². The number of aryl methyl sites for hydroxylation is 1. The van der Waals surface area contributed by atoms with E-state index in [4.69, 9.17) is 9.47 Å². The molecule has 5 amide bonds. The molecule has 0 saturated carbocycles. The van der Waals surface area contributed by atoms with Gasteiger partial charge in [-0.15, -0.1) is 0 Å². The summed E-state index contributed by atoms with van der Waals surface area (Å²) < 4.78 is 25.7. The van der Waals surface area contributed by atoms with Crippen LogP contribution < -0.4 is 25.4 Å². The van der Waals surface area contributed by atoms with Crippen molar-refractivity contribution in [2.45, 2.75) is 13.8 Å². The Morgan fingerprint density at radius 3 is 2.41 bits per heavy atom. The number of ether oxygens (including phenoxy) is 2. The zero-order chi connectivity index (χ0) is 29.5. The summed E-state index contributed by atoms with van der Waals surface area (Å²) in [5, 5.41) is 7.54. The van der Waals surface area contributed by atoms with Crippen LogP contribution in [0.5, 0.6) is 11.5 Å². The summed E-state index contributed by atoms with van der Waals surface area (Å²) in [4.78, 5) is 50.8. The van der Waals surface area contributed by atoms with Gasteiger partial charge >= 0.3 is 6.03 Å². The van der Waals surface area contributed by atoms with Crippen molar-refractivity contribution in [2.75, 3.05) is 30.4 Å². The molecule has 212 valence electrons. The molecule has 10 nitrogen and oxygen atoms in total. The van der Waals surface area contributed by atoms with Crippen molar-refractivity contribution in [3.05, 3.63) is 87.8 Å².